The molecule has 144 valence electrons. The van der Waals surface area contributed by atoms with Crippen molar-refractivity contribution in [2.75, 3.05) is 6.61 Å². The van der Waals surface area contributed by atoms with Gasteiger partial charge in [-0.25, -0.2) is 0 Å². The van der Waals surface area contributed by atoms with Crippen LogP contribution in [0.3, 0.4) is 0 Å². The fourth-order valence-corrected chi connectivity index (χ4v) is 3.52. The number of rotatable bonds is 7. The first kappa shape index (κ1) is 18.6. The number of hydrogen-bond donors (Lipinski definition) is 0. The summed E-state index contributed by atoms with van der Waals surface area (Å²) in [7, 11) is 0. The topological polar surface area (TPSA) is 46.2 Å². The number of fused-ring (bicyclic) bond motifs is 1. The molecule has 0 aliphatic carbocycles. The van der Waals surface area contributed by atoms with Gasteiger partial charge < -0.3 is 23.7 Å². The highest BCUT2D eigenvalue weighted by Crippen LogP contribution is 2.39. The van der Waals surface area contributed by atoms with Gasteiger partial charge in [0.1, 0.15) is 18.3 Å². The Labute approximate surface area is 160 Å². The minimum atomic E-state index is -0.667. The maximum Gasteiger partial charge on any atom is 0.190 e. The fraction of sp³-hybridized carbons (Fsp3) is 0.455. The number of ether oxygens (including phenoxy) is 5. The average molecular weight is 370 g/mol. The van der Waals surface area contributed by atoms with Gasteiger partial charge in [-0.1, -0.05) is 60.7 Å². The normalized spacial score (nSPS) is 29.0. The molecular formula is C22H26O5. The van der Waals surface area contributed by atoms with Gasteiger partial charge in [-0.3, -0.25) is 0 Å². The fourth-order valence-electron chi connectivity index (χ4n) is 3.52. The molecule has 2 aliphatic heterocycles. The predicted molar refractivity (Wildman–Crippen MR) is 99.8 cm³/mol. The lowest BCUT2D eigenvalue weighted by molar-refractivity contribution is -0.225. The Balaban J connectivity index is 1.38. The molecule has 0 amide bonds. The molecule has 5 heteroatoms. The van der Waals surface area contributed by atoms with E-state index in [4.69, 9.17) is 23.7 Å². The molecule has 2 fully saturated rings. The van der Waals surface area contributed by atoms with Crippen LogP contribution in [-0.4, -0.2) is 37.0 Å². The van der Waals surface area contributed by atoms with Gasteiger partial charge in [-0.05, 0) is 25.0 Å². The monoisotopic (exact) mass is 370 g/mol. The zero-order valence-corrected chi connectivity index (χ0v) is 15.7. The summed E-state index contributed by atoms with van der Waals surface area (Å²) in [4.78, 5) is 0. The molecule has 2 saturated heterocycles. The summed E-state index contributed by atoms with van der Waals surface area (Å²) in [6.45, 7) is 5.24. The third-order valence-corrected chi connectivity index (χ3v) is 4.77. The summed E-state index contributed by atoms with van der Waals surface area (Å²) in [5, 5.41) is 0. The van der Waals surface area contributed by atoms with Gasteiger partial charge in [0.15, 0.2) is 12.1 Å². The SMILES string of the molecule is CC1(C)O[C@@H]2O[C@H](COCc3ccccc3)C(OCc3ccccc3)[C@@H]2O1. The largest absolute Gasteiger partial charge is 0.374 e. The Hall–Kier alpha value is -1.76. The van der Waals surface area contributed by atoms with Crippen molar-refractivity contribution in [2.45, 2.75) is 57.5 Å². The van der Waals surface area contributed by atoms with E-state index in [9.17, 15) is 0 Å². The third-order valence-electron chi connectivity index (χ3n) is 4.77. The molecule has 0 saturated carbocycles. The summed E-state index contributed by atoms with van der Waals surface area (Å²) in [6, 6.07) is 20.2. The van der Waals surface area contributed by atoms with Crippen molar-refractivity contribution in [1.29, 1.82) is 0 Å². The number of benzene rings is 2. The van der Waals surface area contributed by atoms with Crippen LogP contribution in [0.2, 0.25) is 0 Å². The molecule has 0 spiro atoms. The van der Waals surface area contributed by atoms with Gasteiger partial charge in [-0.2, -0.15) is 0 Å². The van der Waals surface area contributed by atoms with Crippen LogP contribution in [0, 0.1) is 0 Å². The van der Waals surface area contributed by atoms with Gasteiger partial charge >= 0.3 is 0 Å². The molecule has 27 heavy (non-hydrogen) atoms. The molecule has 4 atom stereocenters. The van der Waals surface area contributed by atoms with Crippen LogP contribution < -0.4 is 0 Å². The highest BCUT2D eigenvalue weighted by atomic mass is 16.8. The molecule has 2 aromatic carbocycles. The molecule has 2 aromatic rings. The summed E-state index contributed by atoms with van der Waals surface area (Å²) < 4.78 is 30.1. The van der Waals surface area contributed by atoms with Crippen molar-refractivity contribution < 1.29 is 23.7 Å². The number of hydrogen-bond acceptors (Lipinski definition) is 5. The first-order valence-electron chi connectivity index (χ1n) is 9.39. The Bertz CT molecular complexity index is 718. The van der Waals surface area contributed by atoms with E-state index in [2.05, 4.69) is 0 Å². The van der Waals surface area contributed by atoms with E-state index in [0.29, 0.717) is 19.8 Å². The van der Waals surface area contributed by atoms with Crippen LogP contribution in [0.15, 0.2) is 60.7 Å². The molecule has 0 N–H and O–H groups in total. The van der Waals surface area contributed by atoms with E-state index in [1.54, 1.807) is 0 Å². The van der Waals surface area contributed by atoms with Crippen molar-refractivity contribution in [3.8, 4) is 0 Å². The van der Waals surface area contributed by atoms with Gasteiger partial charge in [0.25, 0.3) is 0 Å². The molecule has 2 heterocycles. The summed E-state index contributed by atoms with van der Waals surface area (Å²) in [5.74, 6) is -0.667. The Kier molecular flexibility index (Phi) is 5.57. The van der Waals surface area contributed by atoms with Gasteiger partial charge in [0, 0.05) is 0 Å². The first-order valence-corrected chi connectivity index (χ1v) is 9.39. The van der Waals surface area contributed by atoms with Gasteiger partial charge in [-0.15, -0.1) is 0 Å². The second-order valence-corrected chi connectivity index (χ2v) is 7.41. The van der Waals surface area contributed by atoms with E-state index in [1.165, 1.54) is 0 Å². The second kappa shape index (κ2) is 8.09. The molecule has 0 aromatic heterocycles. The van der Waals surface area contributed by atoms with Crippen molar-refractivity contribution in [1.82, 2.24) is 0 Å². The molecule has 2 aliphatic rings. The lowest BCUT2D eigenvalue weighted by Gasteiger charge is -2.26. The van der Waals surface area contributed by atoms with Crippen LogP contribution in [0.4, 0.5) is 0 Å². The quantitative estimate of drug-likeness (QED) is 0.744. The minimum Gasteiger partial charge on any atom is -0.374 e. The van der Waals surface area contributed by atoms with Crippen LogP contribution in [-0.2, 0) is 36.9 Å². The Morgan fingerprint density at radius 2 is 1.48 bits per heavy atom. The van der Waals surface area contributed by atoms with Crippen LogP contribution in [0.25, 0.3) is 0 Å². The van der Waals surface area contributed by atoms with E-state index in [1.807, 2.05) is 74.5 Å². The molecule has 0 bridgehead atoms. The molecule has 1 unspecified atom stereocenters. The van der Waals surface area contributed by atoms with Crippen molar-refractivity contribution >= 4 is 0 Å². The van der Waals surface area contributed by atoms with E-state index in [-0.39, 0.29) is 18.3 Å². The highest BCUT2D eigenvalue weighted by molar-refractivity contribution is 5.14. The van der Waals surface area contributed by atoms with Crippen LogP contribution >= 0.6 is 0 Å². The standard InChI is InChI=1S/C22H26O5/c1-22(2)26-20-19(24-14-17-11-7-4-8-12-17)18(25-21(20)27-22)15-23-13-16-9-5-3-6-10-16/h3-12,18-21H,13-15H2,1-2H3/t18-,19?,20+,21+/m1/s1. The average Bonchev–Trinajstić information content (AvgIpc) is 3.13. The lowest BCUT2D eigenvalue weighted by Crippen LogP contribution is -2.38. The van der Waals surface area contributed by atoms with Crippen LogP contribution in [0.5, 0.6) is 0 Å². The Morgan fingerprint density at radius 3 is 2.15 bits per heavy atom. The summed E-state index contributed by atoms with van der Waals surface area (Å²) in [5.41, 5.74) is 2.24. The van der Waals surface area contributed by atoms with E-state index >= 15 is 0 Å². The first-order chi connectivity index (χ1) is 13.1. The van der Waals surface area contributed by atoms with Gasteiger partial charge in [0.05, 0.1) is 19.8 Å². The second-order valence-electron chi connectivity index (χ2n) is 7.41. The van der Waals surface area contributed by atoms with E-state index < -0.39 is 12.1 Å². The predicted octanol–water partition coefficient (Wildman–Crippen LogP) is 3.67. The minimum absolute atomic E-state index is 0.233. The summed E-state index contributed by atoms with van der Waals surface area (Å²) in [6.07, 6.45) is -1.16. The van der Waals surface area contributed by atoms with Gasteiger partial charge in [0.2, 0.25) is 0 Å². The van der Waals surface area contributed by atoms with Crippen LogP contribution in [0.1, 0.15) is 25.0 Å². The molecule has 4 rings (SSSR count). The summed E-state index contributed by atoms with van der Waals surface area (Å²) >= 11 is 0. The zero-order valence-electron chi connectivity index (χ0n) is 15.7. The smallest absolute Gasteiger partial charge is 0.190 e. The zero-order chi connectivity index (χ0) is 18.7. The van der Waals surface area contributed by atoms with E-state index in [0.717, 1.165) is 11.1 Å². The maximum absolute atomic E-state index is 6.20. The highest BCUT2D eigenvalue weighted by Gasteiger charge is 2.55. The van der Waals surface area contributed by atoms with Crippen molar-refractivity contribution in [3.63, 3.8) is 0 Å². The Morgan fingerprint density at radius 1 is 0.852 bits per heavy atom. The maximum atomic E-state index is 6.20. The third kappa shape index (κ3) is 4.57. The molecule has 5 nitrogen and oxygen atoms in total. The van der Waals surface area contributed by atoms with Crippen molar-refractivity contribution in [2.24, 2.45) is 0 Å². The molecule has 0 radical (unpaired) electrons. The molecular weight excluding hydrogens is 344 g/mol. The van der Waals surface area contributed by atoms with Crippen molar-refractivity contribution in [3.05, 3.63) is 71.8 Å². The lowest BCUT2D eigenvalue weighted by atomic mass is 10.1.